The van der Waals surface area contributed by atoms with Crippen LogP contribution in [0.4, 0.5) is 5.69 Å². The molecule has 1 atom stereocenters. The molecule has 3 rings (SSSR count). The second kappa shape index (κ2) is 10.1. The number of amides is 2. The molecule has 0 spiro atoms. The van der Waals surface area contributed by atoms with Crippen LogP contribution in [-0.4, -0.2) is 43.0 Å². The van der Waals surface area contributed by atoms with Crippen molar-refractivity contribution < 1.29 is 14.3 Å². The van der Waals surface area contributed by atoms with E-state index in [9.17, 15) is 9.59 Å². The molecule has 1 fully saturated rings. The molecule has 1 unspecified atom stereocenters. The number of nitrogens with one attached hydrogen (secondary N) is 1. The number of carbonyl (C=O) groups is 2. The van der Waals surface area contributed by atoms with Crippen molar-refractivity contribution in [2.45, 2.75) is 33.1 Å². The van der Waals surface area contributed by atoms with Gasteiger partial charge in [-0.05, 0) is 62.6 Å². The van der Waals surface area contributed by atoms with Crippen LogP contribution in [0.25, 0.3) is 0 Å². The molecule has 0 bridgehead atoms. The van der Waals surface area contributed by atoms with Gasteiger partial charge in [-0.15, -0.1) is 0 Å². The van der Waals surface area contributed by atoms with Crippen molar-refractivity contribution >= 4 is 29.1 Å². The van der Waals surface area contributed by atoms with Crippen LogP contribution < -0.4 is 15.8 Å². The molecule has 0 saturated carbocycles. The average molecular weight is 444 g/mol. The molecule has 0 aliphatic carbocycles. The highest BCUT2D eigenvalue weighted by molar-refractivity contribution is 6.31. The van der Waals surface area contributed by atoms with Crippen LogP contribution in [0.2, 0.25) is 5.02 Å². The van der Waals surface area contributed by atoms with E-state index in [-0.39, 0.29) is 24.8 Å². The van der Waals surface area contributed by atoms with Crippen LogP contribution >= 0.6 is 11.6 Å². The Morgan fingerprint density at radius 3 is 2.61 bits per heavy atom. The van der Waals surface area contributed by atoms with E-state index in [4.69, 9.17) is 22.1 Å². The summed E-state index contributed by atoms with van der Waals surface area (Å²) in [5, 5.41) is 3.86. The second-order valence-electron chi connectivity index (χ2n) is 8.48. The number of likely N-dealkylation sites (tertiary alicyclic amines) is 1. The Morgan fingerprint density at radius 1 is 1.19 bits per heavy atom. The number of carbonyl (C=O) groups excluding carboxylic acids is 2. The monoisotopic (exact) mass is 443 g/mol. The molecule has 3 N–H and O–H groups in total. The van der Waals surface area contributed by atoms with Gasteiger partial charge in [0, 0.05) is 35.6 Å². The number of halogens is 1. The number of hydrogen-bond acceptors (Lipinski definition) is 4. The first kappa shape index (κ1) is 22.9. The van der Waals surface area contributed by atoms with E-state index in [0.29, 0.717) is 30.5 Å². The van der Waals surface area contributed by atoms with Gasteiger partial charge >= 0.3 is 0 Å². The minimum Gasteiger partial charge on any atom is -0.493 e. The van der Waals surface area contributed by atoms with Gasteiger partial charge in [-0.2, -0.15) is 0 Å². The lowest BCUT2D eigenvalue weighted by Gasteiger charge is -2.42. The van der Waals surface area contributed by atoms with Crippen molar-refractivity contribution in [3.8, 4) is 5.75 Å². The summed E-state index contributed by atoms with van der Waals surface area (Å²) >= 11 is 6.09. The van der Waals surface area contributed by atoms with Gasteiger partial charge in [0.25, 0.3) is 0 Å². The standard InChI is InChI=1S/C24H30ClN3O3/c1-17-4-6-19(7-5-17)27-14-23(30)28-11-3-10-24(15-28,13-22(26)29)16-31-20-8-9-21(25)18(2)12-20/h4-9,12,27H,3,10-11,13-16H2,1-2H3,(H2,26,29). The summed E-state index contributed by atoms with van der Waals surface area (Å²) < 4.78 is 6.03. The molecule has 1 heterocycles. The van der Waals surface area contributed by atoms with Crippen LogP contribution in [0, 0.1) is 19.3 Å². The molecule has 6 nitrogen and oxygen atoms in total. The fraction of sp³-hybridized carbons (Fsp3) is 0.417. The number of nitrogens with two attached hydrogens (primary N) is 1. The molecule has 0 radical (unpaired) electrons. The zero-order valence-corrected chi connectivity index (χ0v) is 18.9. The molecule has 2 amide bonds. The summed E-state index contributed by atoms with van der Waals surface area (Å²) in [5.74, 6) is 0.301. The normalized spacial score (nSPS) is 18.5. The van der Waals surface area contributed by atoms with Crippen molar-refractivity contribution in [2.75, 3.05) is 31.6 Å². The van der Waals surface area contributed by atoms with Gasteiger partial charge in [-0.25, -0.2) is 0 Å². The van der Waals surface area contributed by atoms with Gasteiger partial charge in [0.1, 0.15) is 5.75 Å². The smallest absolute Gasteiger partial charge is 0.241 e. The second-order valence-corrected chi connectivity index (χ2v) is 8.89. The zero-order valence-electron chi connectivity index (χ0n) is 18.1. The predicted molar refractivity (Wildman–Crippen MR) is 123 cm³/mol. The molecule has 31 heavy (non-hydrogen) atoms. The molecule has 1 saturated heterocycles. The summed E-state index contributed by atoms with van der Waals surface area (Å²) in [4.78, 5) is 26.5. The van der Waals surface area contributed by atoms with Crippen molar-refractivity contribution in [3.05, 3.63) is 58.6 Å². The number of hydrogen-bond donors (Lipinski definition) is 2. The Morgan fingerprint density at radius 2 is 1.94 bits per heavy atom. The largest absolute Gasteiger partial charge is 0.493 e. The lowest BCUT2D eigenvalue weighted by molar-refractivity contribution is -0.135. The van der Waals surface area contributed by atoms with Crippen LogP contribution in [0.3, 0.4) is 0 Å². The highest BCUT2D eigenvalue weighted by Gasteiger charge is 2.39. The van der Waals surface area contributed by atoms with E-state index < -0.39 is 5.41 Å². The number of rotatable bonds is 8. The molecule has 0 aromatic heterocycles. The van der Waals surface area contributed by atoms with E-state index >= 15 is 0 Å². The zero-order chi connectivity index (χ0) is 22.4. The van der Waals surface area contributed by atoms with Crippen LogP contribution in [0.1, 0.15) is 30.4 Å². The van der Waals surface area contributed by atoms with Gasteiger partial charge in [0.05, 0.1) is 13.2 Å². The fourth-order valence-corrected chi connectivity index (χ4v) is 4.13. The Balaban J connectivity index is 1.65. The predicted octanol–water partition coefficient (Wildman–Crippen LogP) is 3.93. The lowest BCUT2D eigenvalue weighted by atomic mass is 9.77. The minimum absolute atomic E-state index is 0.00328. The first-order chi connectivity index (χ1) is 14.8. The third-order valence-electron chi connectivity index (χ3n) is 5.73. The maximum Gasteiger partial charge on any atom is 0.241 e. The van der Waals surface area contributed by atoms with Crippen LogP contribution in [0.5, 0.6) is 5.75 Å². The minimum atomic E-state index is -0.503. The number of anilines is 1. The van der Waals surface area contributed by atoms with E-state index in [1.807, 2.05) is 55.1 Å². The first-order valence-corrected chi connectivity index (χ1v) is 10.9. The molecule has 1 aliphatic rings. The fourth-order valence-electron chi connectivity index (χ4n) is 4.01. The number of aryl methyl sites for hydroxylation is 2. The highest BCUT2D eigenvalue weighted by atomic mass is 35.5. The number of piperidine rings is 1. The molecular weight excluding hydrogens is 414 g/mol. The molecule has 7 heteroatoms. The van der Waals surface area contributed by atoms with Gasteiger partial charge in [-0.3, -0.25) is 9.59 Å². The third-order valence-corrected chi connectivity index (χ3v) is 6.16. The Bertz CT molecular complexity index is 932. The summed E-state index contributed by atoms with van der Waals surface area (Å²) in [6, 6.07) is 13.4. The van der Waals surface area contributed by atoms with Gasteiger partial charge < -0.3 is 20.7 Å². The molecular formula is C24H30ClN3O3. The highest BCUT2D eigenvalue weighted by Crippen LogP contribution is 2.35. The topological polar surface area (TPSA) is 84.7 Å². The van der Waals surface area contributed by atoms with Gasteiger partial charge in [-0.1, -0.05) is 29.3 Å². The van der Waals surface area contributed by atoms with Gasteiger partial charge in [0.15, 0.2) is 0 Å². The van der Waals surface area contributed by atoms with Crippen molar-refractivity contribution in [1.29, 1.82) is 0 Å². The number of benzene rings is 2. The SMILES string of the molecule is Cc1ccc(NCC(=O)N2CCCC(COc3ccc(Cl)c(C)c3)(CC(N)=O)C2)cc1. The summed E-state index contributed by atoms with van der Waals surface area (Å²) in [6.07, 6.45) is 1.75. The Labute approximate surface area is 188 Å². The van der Waals surface area contributed by atoms with E-state index in [0.717, 1.165) is 24.1 Å². The van der Waals surface area contributed by atoms with E-state index in [2.05, 4.69) is 5.32 Å². The van der Waals surface area contributed by atoms with Crippen molar-refractivity contribution in [3.63, 3.8) is 0 Å². The Hall–Kier alpha value is -2.73. The number of nitrogens with zero attached hydrogens (tertiary/aromatic N) is 1. The van der Waals surface area contributed by atoms with Crippen LogP contribution in [-0.2, 0) is 9.59 Å². The maximum absolute atomic E-state index is 12.9. The average Bonchev–Trinajstić information content (AvgIpc) is 2.74. The Kier molecular flexibility index (Phi) is 7.44. The van der Waals surface area contributed by atoms with E-state index in [1.165, 1.54) is 5.56 Å². The third kappa shape index (κ3) is 6.37. The quantitative estimate of drug-likeness (QED) is 0.647. The van der Waals surface area contributed by atoms with Gasteiger partial charge in [0.2, 0.25) is 11.8 Å². The number of primary amides is 1. The molecule has 1 aliphatic heterocycles. The first-order valence-electron chi connectivity index (χ1n) is 10.5. The molecule has 2 aromatic rings. The summed E-state index contributed by atoms with van der Waals surface area (Å²) in [7, 11) is 0. The molecule has 2 aromatic carbocycles. The summed E-state index contributed by atoms with van der Waals surface area (Å²) in [5.41, 5.74) is 8.05. The number of ether oxygens (including phenoxy) is 1. The van der Waals surface area contributed by atoms with Crippen LogP contribution in [0.15, 0.2) is 42.5 Å². The maximum atomic E-state index is 12.9. The lowest BCUT2D eigenvalue weighted by Crippen LogP contribution is -2.51. The van der Waals surface area contributed by atoms with E-state index in [1.54, 1.807) is 6.07 Å². The molecule has 166 valence electrons. The van der Waals surface area contributed by atoms with Crippen molar-refractivity contribution in [1.82, 2.24) is 4.90 Å². The summed E-state index contributed by atoms with van der Waals surface area (Å²) in [6.45, 7) is 5.55. The van der Waals surface area contributed by atoms with Crippen molar-refractivity contribution in [2.24, 2.45) is 11.1 Å².